The number of hydrogen-bond acceptors (Lipinski definition) is 5. The minimum absolute atomic E-state index is 0.0675. The number of ether oxygens (including phenoxy) is 1. The lowest BCUT2D eigenvalue weighted by Crippen LogP contribution is -2.43. The van der Waals surface area contributed by atoms with Crippen molar-refractivity contribution in [1.29, 1.82) is 0 Å². The van der Waals surface area contributed by atoms with Crippen LogP contribution >= 0.6 is 0 Å². The van der Waals surface area contributed by atoms with E-state index >= 15 is 0 Å². The Kier molecular flexibility index (Phi) is 3.77. The lowest BCUT2D eigenvalue weighted by molar-refractivity contribution is -0.0311. The molecule has 2 aromatic rings. The average molecular weight is 407 g/mol. The summed E-state index contributed by atoms with van der Waals surface area (Å²) in [6.07, 6.45) is 4.29. The second kappa shape index (κ2) is 6.13. The van der Waals surface area contributed by atoms with Crippen molar-refractivity contribution in [2.24, 2.45) is 5.73 Å². The Morgan fingerprint density at radius 3 is 3.00 bits per heavy atom. The van der Waals surface area contributed by atoms with Crippen LogP contribution in [0.5, 0.6) is 0 Å². The van der Waals surface area contributed by atoms with Gasteiger partial charge in [0, 0.05) is 36.1 Å². The van der Waals surface area contributed by atoms with Crippen molar-refractivity contribution in [1.82, 2.24) is 9.88 Å². The lowest BCUT2D eigenvalue weighted by atomic mass is 9.82. The van der Waals surface area contributed by atoms with Crippen molar-refractivity contribution in [3.8, 4) is 0 Å². The van der Waals surface area contributed by atoms with Gasteiger partial charge in [0.1, 0.15) is 11.4 Å². The molecule has 0 amide bonds. The molecule has 4 aliphatic rings. The summed E-state index contributed by atoms with van der Waals surface area (Å²) in [7, 11) is 0. The first kappa shape index (κ1) is 18.5. The molecule has 0 bridgehead atoms. The molecule has 30 heavy (non-hydrogen) atoms. The SMILES string of the molecule is CC[C@@]1(O)COCC2=C1C=C1c3nc4cc(F)c(C)c5c4c(c3CN1C2)[C@@H](N)CC5. The third kappa shape index (κ3) is 2.30. The molecule has 3 N–H and O–H groups in total. The van der Waals surface area contributed by atoms with Gasteiger partial charge in [-0.1, -0.05) is 6.92 Å². The number of aliphatic hydroxyl groups is 1. The highest BCUT2D eigenvalue weighted by Gasteiger charge is 2.41. The Hall–Kier alpha value is -2.28. The number of halogens is 1. The van der Waals surface area contributed by atoms with Gasteiger partial charge in [-0.3, -0.25) is 0 Å². The summed E-state index contributed by atoms with van der Waals surface area (Å²) in [4.78, 5) is 7.24. The third-order valence-electron chi connectivity index (χ3n) is 7.50. The fourth-order valence-electron chi connectivity index (χ4n) is 5.76. The van der Waals surface area contributed by atoms with Gasteiger partial charge in [-0.25, -0.2) is 9.37 Å². The van der Waals surface area contributed by atoms with Crippen molar-refractivity contribution < 1.29 is 14.2 Å². The highest BCUT2D eigenvalue weighted by molar-refractivity contribution is 5.92. The predicted molar refractivity (Wildman–Crippen MR) is 113 cm³/mol. The molecular formula is C24H26FN3O2. The van der Waals surface area contributed by atoms with Crippen molar-refractivity contribution in [3.05, 3.63) is 57.1 Å². The van der Waals surface area contributed by atoms with Crippen LogP contribution in [-0.4, -0.2) is 40.3 Å². The van der Waals surface area contributed by atoms with Crippen LogP contribution in [0, 0.1) is 12.7 Å². The maximum absolute atomic E-state index is 14.7. The highest BCUT2D eigenvalue weighted by Crippen LogP contribution is 2.47. The first-order chi connectivity index (χ1) is 14.4. The zero-order chi connectivity index (χ0) is 20.8. The number of rotatable bonds is 1. The Balaban J connectivity index is 1.61. The molecule has 6 heteroatoms. The van der Waals surface area contributed by atoms with E-state index < -0.39 is 5.60 Å². The second-order valence-electron chi connectivity index (χ2n) is 9.13. The van der Waals surface area contributed by atoms with E-state index in [1.807, 2.05) is 13.8 Å². The smallest absolute Gasteiger partial charge is 0.128 e. The van der Waals surface area contributed by atoms with Crippen LogP contribution in [0.2, 0.25) is 0 Å². The molecule has 1 aromatic carbocycles. The monoisotopic (exact) mass is 407 g/mol. The fraction of sp³-hybridized carbons (Fsp3) is 0.458. The van der Waals surface area contributed by atoms with Crippen molar-refractivity contribution >= 4 is 16.6 Å². The first-order valence-corrected chi connectivity index (χ1v) is 10.8. The molecule has 0 unspecified atom stereocenters. The molecule has 4 heterocycles. The number of aromatic nitrogens is 1. The van der Waals surface area contributed by atoms with Gasteiger partial charge in [-0.05, 0) is 60.1 Å². The Morgan fingerprint density at radius 1 is 1.37 bits per heavy atom. The zero-order valence-corrected chi connectivity index (χ0v) is 17.4. The Labute approximate surface area is 175 Å². The van der Waals surface area contributed by atoms with E-state index in [9.17, 15) is 9.50 Å². The average Bonchev–Trinajstić information content (AvgIpc) is 3.09. The number of fused-ring (bicyclic) bond motifs is 4. The van der Waals surface area contributed by atoms with Gasteiger partial charge < -0.3 is 20.5 Å². The summed E-state index contributed by atoms with van der Waals surface area (Å²) in [5, 5.41) is 12.2. The second-order valence-corrected chi connectivity index (χ2v) is 9.13. The van der Waals surface area contributed by atoms with E-state index in [4.69, 9.17) is 15.5 Å². The largest absolute Gasteiger partial charge is 0.383 e. The topological polar surface area (TPSA) is 71.6 Å². The molecule has 6 rings (SSSR count). The van der Waals surface area contributed by atoms with Crippen LogP contribution in [0.1, 0.15) is 53.8 Å². The number of hydrogen-bond donors (Lipinski definition) is 2. The molecule has 0 radical (unpaired) electrons. The molecule has 1 aliphatic carbocycles. The summed E-state index contributed by atoms with van der Waals surface area (Å²) < 4.78 is 20.4. The first-order valence-electron chi connectivity index (χ1n) is 10.8. The predicted octanol–water partition coefficient (Wildman–Crippen LogP) is 3.27. The van der Waals surface area contributed by atoms with Crippen LogP contribution in [-0.2, 0) is 17.7 Å². The summed E-state index contributed by atoms with van der Waals surface area (Å²) in [6, 6.07) is 1.49. The van der Waals surface area contributed by atoms with Gasteiger partial charge in [-0.15, -0.1) is 0 Å². The number of nitrogens with two attached hydrogens (primary N) is 1. The maximum atomic E-state index is 14.7. The standard InChI is InChI=1S/C24H26FN3O2/c1-3-24(29)11-30-10-13-8-28-9-15-21-18(26)5-4-14-12(2)17(25)7-19(22(14)21)27-23(15)20(28)6-16(13)24/h6-7,18,29H,3-5,8-11,26H2,1-2H3/t18-,24+/m0/s1. The number of pyridine rings is 1. The fourth-order valence-corrected chi connectivity index (χ4v) is 5.76. The van der Waals surface area contributed by atoms with Crippen LogP contribution < -0.4 is 5.73 Å². The van der Waals surface area contributed by atoms with E-state index in [1.54, 1.807) is 6.07 Å². The number of aryl methyl sites for hydroxylation is 1. The van der Waals surface area contributed by atoms with E-state index in [1.165, 1.54) is 0 Å². The van der Waals surface area contributed by atoms with Crippen LogP contribution in [0.15, 0.2) is 23.3 Å². The van der Waals surface area contributed by atoms with Crippen molar-refractivity contribution in [2.75, 3.05) is 19.8 Å². The quantitative estimate of drug-likeness (QED) is 0.759. The Bertz CT molecular complexity index is 1190. The molecule has 0 fully saturated rings. The molecule has 3 aliphatic heterocycles. The van der Waals surface area contributed by atoms with Crippen LogP contribution in [0.3, 0.4) is 0 Å². The van der Waals surface area contributed by atoms with Crippen molar-refractivity contribution in [3.63, 3.8) is 0 Å². The van der Waals surface area contributed by atoms with E-state index in [-0.39, 0.29) is 11.9 Å². The normalized spacial score (nSPS) is 27.2. The van der Waals surface area contributed by atoms with Gasteiger partial charge in [0.15, 0.2) is 0 Å². The Morgan fingerprint density at radius 2 is 2.20 bits per heavy atom. The van der Waals surface area contributed by atoms with Crippen LogP contribution in [0.25, 0.3) is 16.6 Å². The van der Waals surface area contributed by atoms with E-state index in [2.05, 4.69) is 11.0 Å². The summed E-state index contributed by atoms with van der Waals surface area (Å²) >= 11 is 0. The van der Waals surface area contributed by atoms with E-state index in [0.29, 0.717) is 31.7 Å². The van der Waals surface area contributed by atoms with Gasteiger partial charge in [-0.2, -0.15) is 0 Å². The molecular weight excluding hydrogens is 381 g/mol. The lowest BCUT2D eigenvalue weighted by Gasteiger charge is -2.39. The number of benzene rings is 1. The third-order valence-corrected chi connectivity index (χ3v) is 7.50. The molecule has 0 saturated carbocycles. The van der Waals surface area contributed by atoms with Gasteiger partial charge >= 0.3 is 0 Å². The molecule has 156 valence electrons. The van der Waals surface area contributed by atoms with Gasteiger partial charge in [0.05, 0.1) is 30.1 Å². The zero-order valence-electron chi connectivity index (χ0n) is 17.4. The van der Waals surface area contributed by atoms with Gasteiger partial charge in [0.25, 0.3) is 0 Å². The molecule has 0 spiro atoms. The highest BCUT2D eigenvalue weighted by atomic mass is 19.1. The minimum Gasteiger partial charge on any atom is -0.383 e. The van der Waals surface area contributed by atoms with Gasteiger partial charge in [0.2, 0.25) is 0 Å². The molecule has 0 saturated heterocycles. The molecule has 2 atom stereocenters. The van der Waals surface area contributed by atoms with Crippen molar-refractivity contribution in [2.45, 2.75) is 51.3 Å². The molecule has 5 nitrogen and oxygen atoms in total. The minimum atomic E-state index is -0.965. The summed E-state index contributed by atoms with van der Waals surface area (Å²) in [5.41, 5.74) is 14.4. The van der Waals surface area contributed by atoms with Crippen LogP contribution in [0.4, 0.5) is 4.39 Å². The summed E-state index contributed by atoms with van der Waals surface area (Å²) in [5.74, 6) is -0.200. The molecule has 1 aromatic heterocycles. The number of nitrogens with zero attached hydrogens (tertiary/aromatic N) is 2. The summed E-state index contributed by atoms with van der Waals surface area (Å²) in [6.45, 7) is 6.15. The van der Waals surface area contributed by atoms with E-state index in [0.717, 1.165) is 69.6 Å². The maximum Gasteiger partial charge on any atom is 0.128 e.